The molecule has 1 unspecified atom stereocenters. The lowest BCUT2D eigenvalue weighted by molar-refractivity contribution is -0.140. The highest BCUT2D eigenvalue weighted by Crippen LogP contribution is 2.39. The SMILES string of the molecule is COCC(NC(=O)c1cc(C2CC2)nn1-c1ccccc1)C(=O)O. The van der Waals surface area contributed by atoms with E-state index in [9.17, 15) is 14.7 Å². The maximum absolute atomic E-state index is 12.6. The minimum atomic E-state index is -1.14. The van der Waals surface area contributed by atoms with E-state index in [0.29, 0.717) is 11.6 Å². The van der Waals surface area contributed by atoms with Crippen molar-refractivity contribution in [3.8, 4) is 5.69 Å². The first-order valence-electron chi connectivity index (χ1n) is 7.78. The van der Waals surface area contributed by atoms with Crippen molar-refractivity contribution < 1.29 is 19.4 Å². The van der Waals surface area contributed by atoms with Crippen molar-refractivity contribution in [3.05, 3.63) is 47.8 Å². The summed E-state index contributed by atoms with van der Waals surface area (Å²) in [6.45, 7) is -0.101. The molecule has 1 aromatic carbocycles. The molecule has 1 heterocycles. The third-order valence-corrected chi connectivity index (χ3v) is 3.89. The summed E-state index contributed by atoms with van der Waals surface area (Å²) in [7, 11) is 1.39. The fourth-order valence-electron chi connectivity index (χ4n) is 2.48. The first-order valence-corrected chi connectivity index (χ1v) is 7.78. The Morgan fingerprint density at radius 1 is 1.38 bits per heavy atom. The van der Waals surface area contributed by atoms with Crippen molar-refractivity contribution in [1.29, 1.82) is 0 Å². The van der Waals surface area contributed by atoms with E-state index in [-0.39, 0.29) is 6.61 Å². The van der Waals surface area contributed by atoms with Crippen LogP contribution in [0.5, 0.6) is 0 Å². The number of amides is 1. The summed E-state index contributed by atoms with van der Waals surface area (Å²) in [6.07, 6.45) is 2.13. The average molecular weight is 329 g/mol. The second-order valence-corrected chi connectivity index (χ2v) is 5.80. The maximum atomic E-state index is 12.6. The van der Waals surface area contributed by atoms with Crippen LogP contribution in [-0.2, 0) is 9.53 Å². The smallest absolute Gasteiger partial charge is 0.328 e. The van der Waals surface area contributed by atoms with E-state index in [1.54, 1.807) is 10.7 Å². The summed E-state index contributed by atoms with van der Waals surface area (Å²) in [6, 6.07) is 9.94. The van der Waals surface area contributed by atoms with Crippen LogP contribution in [-0.4, -0.2) is 46.5 Å². The van der Waals surface area contributed by atoms with Gasteiger partial charge < -0.3 is 15.2 Å². The molecule has 1 aromatic heterocycles. The van der Waals surface area contributed by atoms with Crippen LogP contribution in [0.15, 0.2) is 36.4 Å². The van der Waals surface area contributed by atoms with Gasteiger partial charge in [0.1, 0.15) is 5.69 Å². The van der Waals surface area contributed by atoms with E-state index in [4.69, 9.17) is 4.74 Å². The molecule has 2 N–H and O–H groups in total. The van der Waals surface area contributed by atoms with Crippen LogP contribution < -0.4 is 5.32 Å². The summed E-state index contributed by atoms with van der Waals surface area (Å²) >= 11 is 0. The number of carboxylic acid groups (broad SMARTS) is 1. The van der Waals surface area contributed by atoms with Gasteiger partial charge in [-0.25, -0.2) is 9.48 Å². The van der Waals surface area contributed by atoms with E-state index in [1.807, 2.05) is 30.3 Å². The molecule has 7 heteroatoms. The van der Waals surface area contributed by atoms with E-state index >= 15 is 0 Å². The molecule has 7 nitrogen and oxygen atoms in total. The Morgan fingerprint density at radius 3 is 2.67 bits per heavy atom. The molecule has 0 radical (unpaired) electrons. The number of methoxy groups -OCH3 is 1. The number of carbonyl (C=O) groups excluding carboxylic acids is 1. The standard InChI is InChI=1S/C17H19N3O4/c1-24-10-14(17(22)23)18-16(21)15-9-13(11-7-8-11)19-20(15)12-5-3-2-4-6-12/h2-6,9,11,14H,7-8,10H2,1H3,(H,18,21)(H,22,23). The second-order valence-electron chi connectivity index (χ2n) is 5.80. The second kappa shape index (κ2) is 6.84. The van der Waals surface area contributed by atoms with Gasteiger partial charge in [-0.05, 0) is 31.0 Å². The summed E-state index contributed by atoms with van der Waals surface area (Å²) in [5, 5.41) is 16.2. The average Bonchev–Trinajstić information content (AvgIpc) is 3.33. The predicted molar refractivity (Wildman–Crippen MR) is 86.3 cm³/mol. The van der Waals surface area contributed by atoms with Crippen molar-refractivity contribution >= 4 is 11.9 Å². The lowest BCUT2D eigenvalue weighted by Gasteiger charge is -2.14. The number of carbonyl (C=O) groups is 2. The zero-order valence-electron chi connectivity index (χ0n) is 13.3. The summed E-state index contributed by atoms with van der Waals surface area (Å²) in [5.41, 5.74) is 1.95. The summed E-state index contributed by atoms with van der Waals surface area (Å²) in [4.78, 5) is 23.8. The van der Waals surface area contributed by atoms with Gasteiger partial charge in [0.15, 0.2) is 6.04 Å². The molecular formula is C17H19N3O4. The molecular weight excluding hydrogens is 310 g/mol. The highest BCUT2D eigenvalue weighted by molar-refractivity contribution is 5.95. The van der Waals surface area contributed by atoms with E-state index in [2.05, 4.69) is 10.4 Å². The highest BCUT2D eigenvalue weighted by atomic mass is 16.5. The van der Waals surface area contributed by atoms with Crippen LogP contribution in [0.2, 0.25) is 0 Å². The first kappa shape index (κ1) is 16.2. The van der Waals surface area contributed by atoms with Crippen molar-refractivity contribution in [2.24, 2.45) is 0 Å². The van der Waals surface area contributed by atoms with Crippen LogP contribution in [0.1, 0.15) is 34.9 Å². The lowest BCUT2D eigenvalue weighted by Crippen LogP contribution is -2.44. The van der Waals surface area contributed by atoms with Gasteiger partial charge in [-0.3, -0.25) is 4.79 Å². The third kappa shape index (κ3) is 3.46. The number of carboxylic acids is 1. The number of benzene rings is 1. The molecule has 2 aromatic rings. The summed E-state index contributed by atoms with van der Waals surface area (Å²) in [5.74, 6) is -1.24. The van der Waals surface area contributed by atoms with Gasteiger partial charge in [-0.1, -0.05) is 18.2 Å². The first-order chi connectivity index (χ1) is 11.6. The Bertz CT molecular complexity index is 738. The largest absolute Gasteiger partial charge is 0.480 e. The van der Waals surface area contributed by atoms with Gasteiger partial charge in [-0.15, -0.1) is 0 Å². The van der Waals surface area contributed by atoms with Crippen LogP contribution >= 0.6 is 0 Å². The number of hydrogen-bond acceptors (Lipinski definition) is 4. The van der Waals surface area contributed by atoms with Gasteiger partial charge in [0.25, 0.3) is 5.91 Å². The summed E-state index contributed by atoms with van der Waals surface area (Å²) < 4.78 is 6.42. The fourth-order valence-corrected chi connectivity index (χ4v) is 2.48. The zero-order valence-corrected chi connectivity index (χ0v) is 13.3. The van der Waals surface area contributed by atoms with Crippen molar-refractivity contribution in [2.75, 3.05) is 13.7 Å². The Morgan fingerprint density at radius 2 is 2.08 bits per heavy atom. The topological polar surface area (TPSA) is 93.5 Å². The lowest BCUT2D eigenvalue weighted by atomic mass is 10.2. The number of nitrogens with zero attached hydrogens (tertiary/aromatic N) is 2. The van der Waals surface area contributed by atoms with Crippen molar-refractivity contribution in [1.82, 2.24) is 15.1 Å². The monoisotopic (exact) mass is 329 g/mol. The van der Waals surface area contributed by atoms with Gasteiger partial charge in [0.2, 0.25) is 0 Å². The number of para-hydroxylation sites is 1. The van der Waals surface area contributed by atoms with E-state index in [1.165, 1.54) is 7.11 Å². The van der Waals surface area contributed by atoms with E-state index < -0.39 is 17.9 Å². The van der Waals surface area contributed by atoms with Gasteiger partial charge in [0.05, 0.1) is 18.0 Å². The molecule has 1 saturated carbocycles. The molecule has 3 rings (SSSR count). The minimum absolute atomic E-state index is 0.101. The Hall–Kier alpha value is -2.67. The quantitative estimate of drug-likeness (QED) is 0.804. The fraction of sp³-hybridized carbons (Fsp3) is 0.353. The molecule has 126 valence electrons. The number of hydrogen-bond donors (Lipinski definition) is 2. The van der Waals surface area contributed by atoms with Crippen molar-refractivity contribution in [2.45, 2.75) is 24.8 Å². The molecule has 1 aliphatic rings. The minimum Gasteiger partial charge on any atom is -0.480 e. The Labute approximate surface area is 139 Å². The molecule has 24 heavy (non-hydrogen) atoms. The van der Waals surface area contributed by atoms with Crippen molar-refractivity contribution in [3.63, 3.8) is 0 Å². The van der Waals surface area contributed by atoms with Gasteiger partial charge >= 0.3 is 5.97 Å². The number of rotatable bonds is 7. The van der Waals surface area contributed by atoms with Crippen LogP contribution in [0, 0.1) is 0 Å². The third-order valence-electron chi connectivity index (χ3n) is 3.89. The zero-order chi connectivity index (χ0) is 17.1. The predicted octanol–water partition coefficient (Wildman–Crippen LogP) is 1.58. The number of aromatic nitrogens is 2. The molecule has 1 fully saturated rings. The normalized spacial score (nSPS) is 15.0. The molecule has 1 atom stereocenters. The Kier molecular flexibility index (Phi) is 4.61. The molecule has 0 spiro atoms. The number of aliphatic carboxylic acids is 1. The van der Waals surface area contributed by atoms with Gasteiger partial charge in [-0.2, -0.15) is 5.10 Å². The molecule has 0 saturated heterocycles. The van der Waals surface area contributed by atoms with Crippen LogP contribution in [0.25, 0.3) is 5.69 Å². The molecule has 0 aliphatic heterocycles. The Balaban J connectivity index is 1.91. The molecule has 1 amide bonds. The molecule has 0 bridgehead atoms. The molecule has 1 aliphatic carbocycles. The van der Waals surface area contributed by atoms with E-state index in [0.717, 1.165) is 24.2 Å². The van der Waals surface area contributed by atoms with Gasteiger partial charge in [0, 0.05) is 13.0 Å². The number of nitrogens with one attached hydrogen (secondary N) is 1. The van der Waals surface area contributed by atoms with Crippen LogP contribution in [0.3, 0.4) is 0 Å². The maximum Gasteiger partial charge on any atom is 0.328 e. The highest BCUT2D eigenvalue weighted by Gasteiger charge is 2.30. The van der Waals surface area contributed by atoms with Crippen LogP contribution in [0.4, 0.5) is 0 Å². The number of ether oxygens (including phenoxy) is 1.